The third-order valence-corrected chi connectivity index (χ3v) is 7.84. The van der Waals surface area contributed by atoms with Crippen LogP contribution in [0.4, 0.5) is 5.69 Å². The lowest BCUT2D eigenvalue weighted by molar-refractivity contribution is -0.118. The van der Waals surface area contributed by atoms with E-state index in [1.54, 1.807) is 50.4 Å². The maximum absolute atomic E-state index is 12.9. The van der Waals surface area contributed by atoms with Crippen molar-refractivity contribution < 1.29 is 22.5 Å². The SMILES string of the molecule is Cc1nc(-c2ccc(OCC(=O)Nc3ccc(S(=O)(=O)N(C)C4CCCCC4)cc3)cc2)no1. The van der Waals surface area contributed by atoms with Crippen molar-refractivity contribution in [1.29, 1.82) is 0 Å². The van der Waals surface area contributed by atoms with Crippen LogP contribution in [0.15, 0.2) is 57.9 Å². The summed E-state index contributed by atoms with van der Waals surface area (Å²) >= 11 is 0. The molecule has 180 valence electrons. The second kappa shape index (κ2) is 10.4. The predicted molar refractivity (Wildman–Crippen MR) is 127 cm³/mol. The smallest absolute Gasteiger partial charge is 0.262 e. The molecule has 1 N–H and O–H groups in total. The van der Waals surface area contributed by atoms with E-state index in [1.807, 2.05) is 0 Å². The maximum atomic E-state index is 12.9. The molecule has 1 aliphatic rings. The quantitative estimate of drug-likeness (QED) is 0.514. The third kappa shape index (κ3) is 5.63. The molecule has 1 heterocycles. The number of nitrogens with zero attached hydrogens (tertiary/aromatic N) is 3. The summed E-state index contributed by atoms with van der Waals surface area (Å²) in [5.74, 6) is 1.13. The first-order chi connectivity index (χ1) is 16.3. The minimum Gasteiger partial charge on any atom is -0.484 e. The van der Waals surface area contributed by atoms with Gasteiger partial charge in [-0.05, 0) is 61.4 Å². The van der Waals surface area contributed by atoms with E-state index < -0.39 is 10.0 Å². The van der Waals surface area contributed by atoms with Gasteiger partial charge in [0.05, 0.1) is 4.90 Å². The monoisotopic (exact) mass is 484 g/mol. The highest BCUT2D eigenvalue weighted by Crippen LogP contribution is 2.27. The zero-order valence-corrected chi connectivity index (χ0v) is 20.0. The second-order valence-corrected chi connectivity index (χ2v) is 10.3. The lowest BCUT2D eigenvalue weighted by atomic mass is 9.96. The Hall–Kier alpha value is -3.24. The number of nitrogens with one attached hydrogen (secondary N) is 1. The number of carbonyl (C=O) groups excluding carboxylic acids is 1. The topological polar surface area (TPSA) is 115 Å². The Labute approximate surface area is 199 Å². The van der Waals surface area contributed by atoms with E-state index in [4.69, 9.17) is 9.26 Å². The van der Waals surface area contributed by atoms with Crippen LogP contribution in [-0.2, 0) is 14.8 Å². The first-order valence-corrected chi connectivity index (χ1v) is 12.7. The van der Waals surface area contributed by atoms with Crippen LogP contribution in [0.25, 0.3) is 11.4 Å². The summed E-state index contributed by atoms with van der Waals surface area (Å²) in [5, 5.41) is 6.58. The van der Waals surface area contributed by atoms with Gasteiger partial charge in [0.25, 0.3) is 5.91 Å². The average Bonchev–Trinajstić information content (AvgIpc) is 3.29. The molecule has 0 aliphatic heterocycles. The summed E-state index contributed by atoms with van der Waals surface area (Å²) in [6.45, 7) is 1.53. The van der Waals surface area contributed by atoms with E-state index in [9.17, 15) is 13.2 Å². The number of aryl methyl sites for hydroxylation is 1. The lowest BCUT2D eigenvalue weighted by Crippen LogP contribution is -2.38. The largest absolute Gasteiger partial charge is 0.484 e. The fraction of sp³-hybridized carbons (Fsp3) is 0.375. The third-order valence-electron chi connectivity index (χ3n) is 5.91. The number of rotatable bonds is 8. The molecule has 1 fully saturated rings. The van der Waals surface area contributed by atoms with E-state index in [0.29, 0.717) is 23.2 Å². The fourth-order valence-corrected chi connectivity index (χ4v) is 5.40. The maximum Gasteiger partial charge on any atom is 0.262 e. The molecular weight excluding hydrogens is 456 g/mol. The van der Waals surface area contributed by atoms with Gasteiger partial charge in [0, 0.05) is 31.3 Å². The molecule has 1 saturated carbocycles. The van der Waals surface area contributed by atoms with Crippen LogP contribution in [0.5, 0.6) is 5.75 Å². The molecule has 4 rings (SSSR count). The van der Waals surface area contributed by atoms with Crippen LogP contribution in [0.2, 0.25) is 0 Å². The molecule has 0 bridgehead atoms. The number of aromatic nitrogens is 2. The Bertz CT molecular complexity index is 1220. The molecule has 9 nitrogen and oxygen atoms in total. The summed E-state index contributed by atoms with van der Waals surface area (Å²) in [5.41, 5.74) is 1.27. The van der Waals surface area contributed by atoms with Crippen molar-refractivity contribution in [2.75, 3.05) is 19.0 Å². The minimum atomic E-state index is -3.57. The Morgan fingerprint density at radius 2 is 1.76 bits per heavy atom. The average molecular weight is 485 g/mol. The highest BCUT2D eigenvalue weighted by Gasteiger charge is 2.28. The molecular formula is C24H28N4O5S. The van der Waals surface area contributed by atoms with Crippen molar-refractivity contribution in [1.82, 2.24) is 14.4 Å². The summed E-state index contributed by atoms with van der Waals surface area (Å²) in [7, 11) is -1.92. The van der Waals surface area contributed by atoms with Crippen molar-refractivity contribution >= 4 is 21.6 Å². The Balaban J connectivity index is 1.30. The van der Waals surface area contributed by atoms with E-state index in [1.165, 1.54) is 16.4 Å². The zero-order chi connectivity index (χ0) is 24.1. The molecule has 1 aromatic heterocycles. The van der Waals surface area contributed by atoms with Gasteiger partial charge < -0.3 is 14.6 Å². The van der Waals surface area contributed by atoms with Crippen molar-refractivity contribution in [3.05, 3.63) is 54.4 Å². The van der Waals surface area contributed by atoms with Crippen molar-refractivity contribution in [3.8, 4) is 17.1 Å². The van der Waals surface area contributed by atoms with E-state index >= 15 is 0 Å². The Kier molecular flexibility index (Phi) is 7.28. The van der Waals surface area contributed by atoms with Gasteiger partial charge in [-0.15, -0.1) is 0 Å². The zero-order valence-electron chi connectivity index (χ0n) is 19.2. The van der Waals surface area contributed by atoms with Gasteiger partial charge in [0.15, 0.2) is 6.61 Å². The number of amides is 1. The molecule has 3 aromatic rings. The van der Waals surface area contributed by atoms with E-state index in [2.05, 4.69) is 15.5 Å². The summed E-state index contributed by atoms with van der Waals surface area (Å²) in [6.07, 6.45) is 5.06. The molecule has 0 spiro atoms. The van der Waals surface area contributed by atoms with Crippen LogP contribution in [-0.4, -0.2) is 48.5 Å². The Morgan fingerprint density at radius 3 is 2.38 bits per heavy atom. The van der Waals surface area contributed by atoms with E-state index in [-0.39, 0.29) is 23.5 Å². The van der Waals surface area contributed by atoms with Gasteiger partial charge in [-0.2, -0.15) is 9.29 Å². The number of ether oxygens (including phenoxy) is 1. The van der Waals surface area contributed by atoms with Crippen LogP contribution >= 0.6 is 0 Å². The van der Waals surface area contributed by atoms with Crippen molar-refractivity contribution in [3.63, 3.8) is 0 Å². The van der Waals surface area contributed by atoms with Crippen LogP contribution in [0.3, 0.4) is 0 Å². The number of hydrogen-bond donors (Lipinski definition) is 1. The molecule has 1 aliphatic carbocycles. The summed E-state index contributed by atoms with van der Waals surface area (Å²) < 4.78 is 37.9. The number of anilines is 1. The first-order valence-electron chi connectivity index (χ1n) is 11.2. The molecule has 0 saturated heterocycles. The second-order valence-electron chi connectivity index (χ2n) is 8.34. The lowest BCUT2D eigenvalue weighted by Gasteiger charge is -2.30. The number of benzene rings is 2. The van der Waals surface area contributed by atoms with Gasteiger partial charge in [-0.3, -0.25) is 4.79 Å². The molecule has 34 heavy (non-hydrogen) atoms. The molecule has 0 radical (unpaired) electrons. The predicted octanol–water partition coefficient (Wildman–Crippen LogP) is 4.02. The van der Waals surface area contributed by atoms with Crippen LogP contribution < -0.4 is 10.1 Å². The number of hydrogen-bond acceptors (Lipinski definition) is 7. The molecule has 0 unspecified atom stereocenters. The highest BCUT2D eigenvalue weighted by molar-refractivity contribution is 7.89. The van der Waals surface area contributed by atoms with Gasteiger partial charge in [-0.25, -0.2) is 8.42 Å². The minimum absolute atomic E-state index is 0.0423. The molecule has 1 amide bonds. The van der Waals surface area contributed by atoms with Gasteiger partial charge in [0.1, 0.15) is 5.75 Å². The van der Waals surface area contributed by atoms with Gasteiger partial charge in [-0.1, -0.05) is 24.4 Å². The van der Waals surface area contributed by atoms with Gasteiger partial charge >= 0.3 is 0 Å². The van der Waals surface area contributed by atoms with Crippen molar-refractivity contribution in [2.45, 2.75) is 50.0 Å². The fourth-order valence-electron chi connectivity index (χ4n) is 3.98. The van der Waals surface area contributed by atoms with E-state index in [0.717, 1.165) is 37.7 Å². The van der Waals surface area contributed by atoms with Crippen LogP contribution in [0, 0.1) is 6.92 Å². The Morgan fingerprint density at radius 1 is 1.09 bits per heavy atom. The first kappa shape index (κ1) is 23.9. The molecule has 10 heteroatoms. The standard InChI is InChI=1S/C24H28N4O5S/c1-17-25-24(27-33-17)18-8-12-21(13-9-18)32-16-23(29)26-19-10-14-22(15-11-19)34(30,31)28(2)20-6-4-3-5-7-20/h8-15,20H,3-7,16H2,1-2H3,(H,26,29). The normalized spacial score (nSPS) is 14.8. The summed E-state index contributed by atoms with van der Waals surface area (Å²) in [4.78, 5) is 16.7. The number of carbonyl (C=O) groups is 1. The summed E-state index contributed by atoms with van der Waals surface area (Å²) in [6, 6.07) is 13.2. The highest BCUT2D eigenvalue weighted by atomic mass is 32.2. The molecule has 0 atom stereocenters. The van der Waals surface area contributed by atoms with Crippen molar-refractivity contribution in [2.24, 2.45) is 0 Å². The molecule has 2 aromatic carbocycles. The van der Waals surface area contributed by atoms with Gasteiger partial charge in [0.2, 0.25) is 21.7 Å². The number of sulfonamides is 1. The van der Waals surface area contributed by atoms with Crippen LogP contribution in [0.1, 0.15) is 38.0 Å².